The minimum Gasteiger partial charge on any atom is -0.372 e. The summed E-state index contributed by atoms with van der Waals surface area (Å²) in [5.41, 5.74) is 2.91. The third-order valence-corrected chi connectivity index (χ3v) is 4.67. The molecule has 0 spiro atoms. The number of anilines is 1. The van der Waals surface area contributed by atoms with Crippen LogP contribution in [-0.2, 0) is 0 Å². The Morgan fingerprint density at radius 3 is 2.12 bits per heavy atom. The molecule has 0 amide bonds. The van der Waals surface area contributed by atoms with Crippen LogP contribution in [0.3, 0.4) is 0 Å². The van der Waals surface area contributed by atoms with Gasteiger partial charge in [0, 0.05) is 29.4 Å². The Kier molecular flexibility index (Phi) is 5.71. The molecule has 0 aliphatic carbocycles. The predicted molar refractivity (Wildman–Crippen MR) is 102 cm³/mol. The van der Waals surface area contributed by atoms with Crippen molar-refractivity contribution >= 4 is 29.1 Å². The number of nitrogens with zero attached hydrogens (tertiary/aromatic N) is 1. The summed E-state index contributed by atoms with van der Waals surface area (Å²) in [6, 6.07) is 15.4. The zero-order valence-corrected chi connectivity index (χ0v) is 14.5. The van der Waals surface area contributed by atoms with E-state index in [0.717, 1.165) is 24.2 Å². The van der Waals surface area contributed by atoms with E-state index in [4.69, 9.17) is 11.6 Å². The van der Waals surface area contributed by atoms with Crippen molar-refractivity contribution in [3.05, 3.63) is 70.8 Å². The highest BCUT2D eigenvalue weighted by atomic mass is 35.5. The summed E-state index contributed by atoms with van der Waals surface area (Å²) in [6.45, 7) is 2.23. The van der Waals surface area contributed by atoms with Gasteiger partial charge in [-0.25, -0.2) is 0 Å². The monoisotopic (exact) mass is 339 g/mol. The predicted octanol–water partition coefficient (Wildman–Crippen LogP) is 5.62. The van der Waals surface area contributed by atoms with Gasteiger partial charge in [0.25, 0.3) is 0 Å². The maximum absolute atomic E-state index is 12.3. The lowest BCUT2D eigenvalue weighted by Gasteiger charge is -2.22. The average Bonchev–Trinajstić information content (AvgIpc) is 2.90. The largest absolute Gasteiger partial charge is 0.372 e. The highest BCUT2D eigenvalue weighted by Gasteiger charge is 2.10. The second kappa shape index (κ2) is 8.16. The number of ketones is 1. The fourth-order valence-corrected chi connectivity index (χ4v) is 3.13. The molecule has 0 atom stereocenters. The van der Waals surface area contributed by atoms with Crippen LogP contribution < -0.4 is 4.90 Å². The Bertz CT molecular complexity index is 696. The van der Waals surface area contributed by atoms with Crippen molar-refractivity contribution in [1.29, 1.82) is 0 Å². The zero-order chi connectivity index (χ0) is 16.8. The average molecular weight is 340 g/mol. The van der Waals surface area contributed by atoms with Gasteiger partial charge in [-0.3, -0.25) is 4.79 Å². The Morgan fingerprint density at radius 2 is 1.50 bits per heavy atom. The molecule has 1 fully saturated rings. The lowest BCUT2D eigenvalue weighted by molar-refractivity contribution is 0.104. The summed E-state index contributed by atoms with van der Waals surface area (Å²) in [7, 11) is 0. The molecule has 3 heteroatoms. The van der Waals surface area contributed by atoms with E-state index in [0.29, 0.717) is 5.02 Å². The molecule has 1 heterocycles. The number of hydrogen-bond acceptors (Lipinski definition) is 2. The minimum atomic E-state index is 0.0207. The van der Waals surface area contributed by atoms with Crippen molar-refractivity contribution in [1.82, 2.24) is 0 Å². The minimum absolute atomic E-state index is 0.0207. The summed E-state index contributed by atoms with van der Waals surface area (Å²) in [6.07, 6.45) is 8.59. The van der Waals surface area contributed by atoms with Gasteiger partial charge in [-0.15, -0.1) is 0 Å². The molecule has 3 rings (SSSR count). The molecule has 1 aliphatic heterocycles. The van der Waals surface area contributed by atoms with E-state index < -0.39 is 0 Å². The van der Waals surface area contributed by atoms with Crippen molar-refractivity contribution in [3.8, 4) is 0 Å². The van der Waals surface area contributed by atoms with Crippen molar-refractivity contribution < 1.29 is 4.79 Å². The second-order valence-electron chi connectivity index (χ2n) is 6.20. The normalized spacial score (nSPS) is 15.5. The van der Waals surface area contributed by atoms with Crippen molar-refractivity contribution in [2.24, 2.45) is 0 Å². The van der Waals surface area contributed by atoms with E-state index >= 15 is 0 Å². The summed E-state index contributed by atoms with van der Waals surface area (Å²) in [4.78, 5) is 14.7. The molecule has 1 saturated heterocycles. The maximum atomic E-state index is 12.3. The van der Waals surface area contributed by atoms with Crippen LogP contribution in [0.4, 0.5) is 5.69 Å². The van der Waals surface area contributed by atoms with Gasteiger partial charge in [-0.1, -0.05) is 42.7 Å². The molecule has 0 aromatic heterocycles. The first-order chi connectivity index (χ1) is 11.7. The van der Waals surface area contributed by atoms with Crippen molar-refractivity contribution in [2.75, 3.05) is 18.0 Å². The third kappa shape index (κ3) is 4.48. The second-order valence-corrected chi connectivity index (χ2v) is 6.63. The van der Waals surface area contributed by atoms with E-state index in [2.05, 4.69) is 17.0 Å². The van der Waals surface area contributed by atoms with Gasteiger partial charge < -0.3 is 4.90 Å². The summed E-state index contributed by atoms with van der Waals surface area (Å²) in [5, 5.41) is 0.697. The molecule has 2 nitrogen and oxygen atoms in total. The van der Waals surface area contributed by atoms with Crippen LogP contribution in [0, 0.1) is 0 Å². The topological polar surface area (TPSA) is 20.3 Å². The SMILES string of the molecule is O=C(C=Cc1ccc(Cl)cc1)c1ccc(N2CCCCCC2)cc1. The van der Waals surface area contributed by atoms with Crippen LogP contribution in [0.1, 0.15) is 41.6 Å². The van der Waals surface area contributed by atoms with Gasteiger partial charge in [-0.2, -0.15) is 0 Å². The van der Waals surface area contributed by atoms with E-state index in [1.165, 1.54) is 31.4 Å². The molecule has 0 saturated carbocycles. The van der Waals surface area contributed by atoms with Gasteiger partial charge >= 0.3 is 0 Å². The maximum Gasteiger partial charge on any atom is 0.185 e. The van der Waals surface area contributed by atoms with Crippen molar-refractivity contribution in [3.63, 3.8) is 0 Å². The molecule has 0 unspecified atom stereocenters. The van der Waals surface area contributed by atoms with Gasteiger partial charge in [0.2, 0.25) is 0 Å². The lowest BCUT2D eigenvalue weighted by atomic mass is 10.1. The van der Waals surface area contributed by atoms with E-state index in [1.54, 1.807) is 6.08 Å². The number of rotatable bonds is 4. The van der Waals surface area contributed by atoms with E-state index in [-0.39, 0.29) is 5.78 Å². The van der Waals surface area contributed by atoms with Crippen LogP contribution in [-0.4, -0.2) is 18.9 Å². The Balaban J connectivity index is 1.66. The van der Waals surface area contributed by atoms with Crippen LogP contribution in [0.2, 0.25) is 5.02 Å². The van der Waals surface area contributed by atoms with Crippen LogP contribution >= 0.6 is 11.6 Å². The lowest BCUT2D eigenvalue weighted by Crippen LogP contribution is -2.23. The van der Waals surface area contributed by atoms with Crippen molar-refractivity contribution in [2.45, 2.75) is 25.7 Å². The van der Waals surface area contributed by atoms with E-state index in [1.807, 2.05) is 42.5 Å². The number of carbonyl (C=O) groups is 1. The first kappa shape index (κ1) is 16.8. The van der Waals surface area contributed by atoms with Crippen LogP contribution in [0.15, 0.2) is 54.6 Å². The van der Waals surface area contributed by atoms with Gasteiger partial charge in [0.15, 0.2) is 5.78 Å². The summed E-state index contributed by atoms with van der Waals surface area (Å²) in [5.74, 6) is 0.0207. The number of benzene rings is 2. The van der Waals surface area contributed by atoms with Crippen LogP contribution in [0.5, 0.6) is 0 Å². The zero-order valence-electron chi connectivity index (χ0n) is 13.7. The van der Waals surface area contributed by atoms with Gasteiger partial charge in [0.1, 0.15) is 0 Å². The number of halogens is 1. The molecule has 124 valence electrons. The first-order valence-corrected chi connectivity index (χ1v) is 8.93. The number of allylic oxidation sites excluding steroid dienone is 1. The Labute approximate surface area is 148 Å². The molecule has 0 radical (unpaired) electrons. The first-order valence-electron chi connectivity index (χ1n) is 8.55. The third-order valence-electron chi connectivity index (χ3n) is 4.42. The fourth-order valence-electron chi connectivity index (χ4n) is 3.01. The Morgan fingerprint density at radius 1 is 0.875 bits per heavy atom. The molecule has 2 aromatic carbocycles. The standard InChI is InChI=1S/C21H22ClNO/c22-19-10-5-17(6-11-19)7-14-21(24)18-8-12-20(13-9-18)23-15-3-1-2-4-16-23/h5-14H,1-4,15-16H2. The highest BCUT2D eigenvalue weighted by Crippen LogP contribution is 2.20. The smallest absolute Gasteiger partial charge is 0.185 e. The van der Waals surface area contributed by atoms with Gasteiger partial charge in [0.05, 0.1) is 0 Å². The molecule has 1 aliphatic rings. The fraction of sp³-hybridized carbons (Fsp3) is 0.286. The van der Waals surface area contributed by atoms with Gasteiger partial charge in [-0.05, 0) is 60.9 Å². The molecule has 0 bridgehead atoms. The number of hydrogen-bond donors (Lipinski definition) is 0. The molecule has 2 aromatic rings. The molecule has 24 heavy (non-hydrogen) atoms. The van der Waals surface area contributed by atoms with Crippen LogP contribution in [0.25, 0.3) is 6.08 Å². The van der Waals surface area contributed by atoms with E-state index in [9.17, 15) is 4.79 Å². The summed E-state index contributed by atoms with van der Waals surface area (Å²) >= 11 is 5.86. The molecule has 0 N–H and O–H groups in total. The molecular formula is C21H22ClNO. The summed E-state index contributed by atoms with van der Waals surface area (Å²) < 4.78 is 0. The highest BCUT2D eigenvalue weighted by molar-refractivity contribution is 6.30. The number of carbonyl (C=O) groups excluding carboxylic acids is 1. The quantitative estimate of drug-likeness (QED) is 0.532. The molecular weight excluding hydrogens is 318 g/mol. The Hall–Kier alpha value is -2.06.